The van der Waals surface area contributed by atoms with E-state index < -0.39 is 0 Å². The summed E-state index contributed by atoms with van der Waals surface area (Å²) in [5.41, 5.74) is 4.22. The maximum atomic E-state index is 6.58. The summed E-state index contributed by atoms with van der Waals surface area (Å²) in [4.78, 5) is 21.1. The van der Waals surface area contributed by atoms with Crippen LogP contribution < -0.4 is 10.2 Å². The summed E-state index contributed by atoms with van der Waals surface area (Å²) < 4.78 is 5.42. The maximum absolute atomic E-state index is 6.58. The third-order valence-corrected chi connectivity index (χ3v) is 7.00. The van der Waals surface area contributed by atoms with Gasteiger partial charge in [0.15, 0.2) is 0 Å². The van der Waals surface area contributed by atoms with E-state index in [-0.39, 0.29) is 0 Å². The molecule has 0 amide bonds. The fraction of sp³-hybridized carbons (Fsp3) is 0.217. The molecule has 7 nitrogen and oxygen atoms in total. The van der Waals surface area contributed by atoms with Gasteiger partial charge >= 0.3 is 0 Å². The van der Waals surface area contributed by atoms with Gasteiger partial charge in [0.2, 0.25) is 5.95 Å². The summed E-state index contributed by atoms with van der Waals surface area (Å²) in [7, 11) is 0. The van der Waals surface area contributed by atoms with Gasteiger partial charge in [-0.15, -0.1) is 11.3 Å². The van der Waals surface area contributed by atoms with Crippen LogP contribution in [0, 0.1) is 6.92 Å². The number of hydrogen-bond donors (Lipinski definition) is 1. The fourth-order valence-corrected chi connectivity index (χ4v) is 5.40. The third-order valence-electron chi connectivity index (χ3n) is 5.19. The summed E-state index contributed by atoms with van der Waals surface area (Å²) in [6.07, 6.45) is 5.28. The molecule has 0 atom stereocenters. The van der Waals surface area contributed by atoms with Crippen molar-refractivity contribution in [2.75, 3.05) is 36.5 Å². The Labute approximate surface area is 205 Å². The van der Waals surface area contributed by atoms with Crippen LogP contribution in [0.1, 0.15) is 5.69 Å². The lowest BCUT2D eigenvalue weighted by atomic mass is 10.2. The van der Waals surface area contributed by atoms with Crippen molar-refractivity contribution in [2.24, 2.45) is 0 Å². The first-order chi connectivity index (χ1) is 16.1. The highest BCUT2D eigenvalue weighted by molar-refractivity contribution is 7.18. The topological polar surface area (TPSA) is 76.1 Å². The van der Waals surface area contributed by atoms with E-state index >= 15 is 0 Å². The molecule has 5 rings (SSSR count). The molecule has 0 radical (unpaired) electrons. The molecule has 0 saturated carbocycles. The minimum Gasteiger partial charge on any atom is -0.378 e. The number of anilines is 3. The molecule has 3 aromatic heterocycles. The van der Waals surface area contributed by atoms with Gasteiger partial charge in [-0.25, -0.2) is 15.0 Å². The lowest BCUT2D eigenvalue weighted by molar-refractivity contribution is 0.122. The summed E-state index contributed by atoms with van der Waals surface area (Å²) in [5, 5.41) is 5.27. The first-order valence-electron chi connectivity index (χ1n) is 10.4. The smallest absolute Gasteiger partial charge is 0.227 e. The van der Waals surface area contributed by atoms with Crippen molar-refractivity contribution in [2.45, 2.75) is 6.92 Å². The molecule has 10 heteroatoms. The normalized spacial score (nSPS) is 13.8. The predicted octanol–water partition coefficient (Wildman–Crippen LogP) is 5.86. The standard InChI is InChI=1S/C23H20Cl2N6OS/c1-14-21(33-22(28-14)15-3-2-5-26-13-15)19-4-6-27-23(30-19)29-16-11-17(24)20(18(25)12-16)31-7-9-32-10-8-31/h2-6,11-13H,7-10H2,1H3,(H,27,29,30). The number of ether oxygens (including phenoxy) is 1. The van der Waals surface area contributed by atoms with Gasteiger partial charge in [-0.05, 0) is 37.3 Å². The van der Waals surface area contributed by atoms with Crippen LogP contribution in [0.2, 0.25) is 10.0 Å². The zero-order valence-corrected chi connectivity index (χ0v) is 20.1. The number of nitrogens with one attached hydrogen (secondary N) is 1. The first-order valence-corrected chi connectivity index (χ1v) is 12.0. The van der Waals surface area contributed by atoms with Crippen LogP contribution in [0.4, 0.5) is 17.3 Å². The maximum Gasteiger partial charge on any atom is 0.227 e. The molecular formula is C23H20Cl2N6OS. The summed E-state index contributed by atoms with van der Waals surface area (Å²) in [5.74, 6) is 0.453. The van der Waals surface area contributed by atoms with E-state index in [1.54, 1.807) is 23.7 Å². The molecule has 0 bridgehead atoms. The van der Waals surface area contributed by atoms with E-state index in [1.807, 2.05) is 43.5 Å². The molecule has 0 spiro atoms. The zero-order chi connectivity index (χ0) is 22.8. The second-order valence-electron chi connectivity index (χ2n) is 7.45. The van der Waals surface area contributed by atoms with Crippen molar-refractivity contribution < 1.29 is 4.74 Å². The molecule has 1 fully saturated rings. The predicted molar refractivity (Wildman–Crippen MR) is 134 cm³/mol. The van der Waals surface area contributed by atoms with E-state index in [0.717, 1.165) is 51.3 Å². The number of thiazole rings is 1. The van der Waals surface area contributed by atoms with Crippen molar-refractivity contribution in [3.8, 4) is 21.1 Å². The van der Waals surface area contributed by atoms with Crippen LogP contribution in [0.3, 0.4) is 0 Å². The van der Waals surface area contributed by atoms with Gasteiger partial charge in [0.25, 0.3) is 0 Å². The highest BCUT2D eigenvalue weighted by Gasteiger charge is 2.19. The number of pyridine rings is 1. The van der Waals surface area contributed by atoms with Gasteiger partial charge in [0, 0.05) is 42.9 Å². The highest BCUT2D eigenvalue weighted by Crippen LogP contribution is 2.38. The second-order valence-corrected chi connectivity index (χ2v) is 9.27. The van der Waals surface area contributed by atoms with Crippen molar-refractivity contribution >= 4 is 51.9 Å². The number of rotatable bonds is 5. The quantitative estimate of drug-likeness (QED) is 0.369. The van der Waals surface area contributed by atoms with Crippen LogP contribution in [0.5, 0.6) is 0 Å². The van der Waals surface area contributed by atoms with Gasteiger partial charge in [-0.1, -0.05) is 23.2 Å². The van der Waals surface area contributed by atoms with Gasteiger partial charge in [0.1, 0.15) is 5.01 Å². The van der Waals surface area contributed by atoms with Crippen molar-refractivity contribution in [1.29, 1.82) is 0 Å². The Balaban J connectivity index is 1.40. The Morgan fingerprint density at radius 3 is 2.58 bits per heavy atom. The number of morpholine rings is 1. The van der Waals surface area contributed by atoms with E-state index in [4.69, 9.17) is 37.9 Å². The number of halogens is 2. The van der Waals surface area contributed by atoms with Crippen molar-refractivity contribution in [3.63, 3.8) is 0 Å². The Bertz CT molecular complexity index is 1250. The summed E-state index contributed by atoms with van der Waals surface area (Å²) in [6, 6.07) is 9.45. The van der Waals surface area contributed by atoms with Crippen molar-refractivity contribution in [1.82, 2.24) is 19.9 Å². The summed E-state index contributed by atoms with van der Waals surface area (Å²) >= 11 is 14.7. The van der Waals surface area contributed by atoms with E-state index in [0.29, 0.717) is 29.2 Å². The molecule has 4 heterocycles. The van der Waals surface area contributed by atoms with Crippen LogP contribution >= 0.6 is 34.5 Å². The average Bonchev–Trinajstić information content (AvgIpc) is 3.22. The molecule has 0 aliphatic carbocycles. The second kappa shape index (κ2) is 9.61. The Morgan fingerprint density at radius 1 is 1.06 bits per heavy atom. The van der Waals surface area contributed by atoms with Gasteiger partial charge in [-0.2, -0.15) is 0 Å². The van der Waals surface area contributed by atoms with Crippen LogP contribution in [-0.2, 0) is 4.74 Å². The highest BCUT2D eigenvalue weighted by atomic mass is 35.5. The number of hydrogen-bond acceptors (Lipinski definition) is 8. The zero-order valence-electron chi connectivity index (χ0n) is 17.8. The van der Waals surface area contributed by atoms with Gasteiger partial charge in [0.05, 0.1) is 45.2 Å². The first kappa shape index (κ1) is 22.0. The molecule has 4 aromatic rings. The Kier molecular flexibility index (Phi) is 6.41. The molecule has 1 aliphatic heterocycles. The van der Waals surface area contributed by atoms with Crippen LogP contribution in [0.25, 0.3) is 21.1 Å². The van der Waals surface area contributed by atoms with Crippen LogP contribution in [-0.4, -0.2) is 46.2 Å². The van der Waals surface area contributed by atoms with E-state index in [1.165, 1.54) is 0 Å². The monoisotopic (exact) mass is 498 g/mol. The number of aromatic nitrogens is 4. The third kappa shape index (κ3) is 4.79. The molecule has 1 aromatic carbocycles. The van der Waals surface area contributed by atoms with E-state index in [2.05, 4.69) is 20.2 Å². The number of benzene rings is 1. The number of nitrogens with zero attached hydrogens (tertiary/aromatic N) is 5. The minimum absolute atomic E-state index is 0.453. The largest absolute Gasteiger partial charge is 0.378 e. The van der Waals surface area contributed by atoms with Crippen LogP contribution in [0.15, 0.2) is 48.9 Å². The molecule has 1 saturated heterocycles. The molecule has 1 N–H and O–H groups in total. The molecule has 1 aliphatic rings. The average molecular weight is 499 g/mol. The molecule has 168 valence electrons. The molecular weight excluding hydrogens is 479 g/mol. The molecule has 0 unspecified atom stereocenters. The summed E-state index contributed by atoms with van der Waals surface area (Å²) in [6.45, 7) is 4.81. The number of aryl methyl sites for hydroxylation is 1. The van der Waals surface area contributed by atoms with Gasteiger partial charge < -0.3 is 15.0 Å². The van der Waals surface area contributed by atoms with Gasteiger partial charge in [-0.3, -0.25) is 4.98 Å². The molecule has 33 heavy (non-hydrogen) atoms. The lowest BCUT2D eigenvalue weighted by Gasteiger charge is -2.30. The lowest BCUT2D eigenvalue weighted by Crippen LogP contribution is -2.36. The SMILES string of the molecule is Cc1nc(-c2cccnc2)sc1-c1ccnc(Nc2cc(Cl)c(N3CCOCC3)c(Cl)c2)n1. The van der Waals surface area contributed by atoms with E-state index in [9.17, 15) is 0 Å². The Morgan fingerprint density at radius 2 is 1.85 bits per heavy atom. The fourth-order valence-electron chi connectivity index (χ4n) is 3.65. The Hall–Kier alpha value is -2.78. The minimum atomic E-state index is 0.453. The van der Waals surface area contributed by atoms with Crippen molar-refractivity contribution in [3.05, 3.63) is 64.7 Å².